The molecule has 0 aromatic rings. The molecule has 1 aliphatic carbocycles. The van der Waals surface area contributed by atoms with E-state index in [0.717, 1.165) is 44.8 Å². The molecule has 1 aliphatic heterocycles. The lowest BCUT2D eigenvalue weighted by molar-refractivity contribution is -0.150. The molecule has 4 heteroatoms. The Bertz CT molecular complexity index is 319. The predicted molar refractivity (Wildman–Crippen MR) is 85.8 cm³/mol. The maximum Gasteiger partial charge on any atom is 0.340 e. The van der Waals surface area contributed by atoms with Gasteiger partial charge >= 0.3 is 5.97 Å². The molecular formula is C18H32O4. The number of epoxide rings is 1. The van der Waals surface area contributed by atoms with E-state index in [4.69, 9.17) is 14.2 Å². The minimum Gasteiger partial charge on any atom is -0.463 e. The van der Waals surface area contributed by atoms with Crippen LogP contribution in [0.3, 0.4) is 0 Å². The van der Waals surface area contributed by atoms with Gasteiger partial charge in [-0.3, -0.25) is 0 Å². The van der Waals surface area contributed by atoms with Crippen LogP contribution in [0, 0.1) is 5.92 Å². The molecule has 1 atom stereocenters. The average molecular weight is 312 g/mol. The van der Waals surface area contributed by atoms with Gasteiger partial charge in [0.05, 0.1) is 13.2 Å². The molecular weight excluding hydrogens is 280 g/mol. The second-order valence-corrected chi connectivity index (χ2v) is 6.78. The topological polar surface area (TPSA) is 48.1 Å². The van der Waals surface area contributed by atoms with Gasteiger partial charge in [0.1, 0.15) is 0 Å². The van der Waals surface area contributed by atoms with Gasteiger partial charge in [-0.2, -0.15) is 0 Å². The fourth-order valence-electron chi connectivity index (χ4n) is 3.23. The van der Waals surface area contributed by atoms with Gasteiger partial charge in [0.2, 0.25) is 0 Å². The fraction of sp³-hybridized carbons (Fsp3) is 0.944. The van der Waals surface area contributed by atoms with Crippen LogP contribution < -0.4 is 0 Å². The lowest BCUT2D eigenvalue weighted by Gasteiger charge is -2.12. The molecule has 1 saturated heterocycles. The van der Waals surface area contributed by atoms with Crippen molar-refractivity contribution in [2.75, 3.05) is 26.4 Å². The average Bonchev–Trinajstić information content (AvgIpc) is 3.13. The van der Waals surface area contributed by atoms with Crippen molar-refractivity contribution in [1.29, 1.82) is 0 Å². The van der Waals surface area contributed by atoms with Gasteiger partial charge in [0, 0.05) is 13.2 Å². The van der Waals surface area contributed by atoms with Crippen molar-refractivity contribution in [2.24, 2.45) is 5.92 Å². The Kier molecular flexibility index (Phi) is 7.67. The number of unbranched alkanes of at least 4 members (excludes halogenated alkanes) is 1. The van der Waals surface area contributed by atoms with Crippen molar-refractivity contribution in [3.05, 3.63) is 0 Å². The molecule has 2 fully saturated rings. The molecule has 1 heterocycles. The highest BCUT2D eigenvalue weighted by Crippen LogP contribution is 2.33. The zero-order valence-corrected chi connectivity index (χ0v) is 14.1. The number of hydrogen-bond acceptors (Lipinski definition) is 4. The Morgan fingerprint density at radius 1 is 1.14 bits per heavy atom. The highest BCUT2D eigenvalue weighted by Gasteiger charge is 2.53. The molecule has 1 saturated carbocycles. The first kappa shape index (κ1) is 17.7. The third-order valence-corrected chi connectivity index (χ3v) is 4.84. The molecule has 2 aliphatic rings. The molecule has 4 nitrogen and oxygen atoms in total. The summed E-state index contributed by atoms with van der Waals surface area (Å²) in [5.74, 6) is 0.770. The molecule has 128 valence electrons. The first-order valence-corrected chi connectivity index (χ1v) is 9.16. The Balaban J connectivity index is 1.45. The van der Waals surface area contributed by atoms with E-state index in [2.05, 4.69) is 6.92 Å². The van der Waals surface area contributed by atoms with E-state index in [1.807, 2.05) is 0 Å². The number of esters is 1. The van der Waals surface area contributed by atoms with E-state index in [1.54, 1.807) is 0 Å². The Hall–Kier alpha value is -0.610. The van der Waals surface area contributed by atoms with E-state index >= 15 is 0 Å². The molecule has 2 rings (SSSR count). The monoisotopic (exact) mass is 312 g/mol. The zero-order chi connectivity index (χ0) is 15.7. The first-order valence-electron chi connectivity index (χ1n) is 9.16. The van der Waals surface area contributed by atoms with Crippen LogP contribution >= 0.6 is 0 Å². The maximum atomic E-state index is 11.9. The summed E-state index contributed by atoms with van der Waals surface area (Å²) in [4.78, 5) is 11.9. The summed E-state index contributed by atoms with van der Waals surface area (Å²) in [5, 5.41) is 0. The summed E-state index contributed by atoms with van der Waals surface area (Å²) in [6.07, 6.45) is 11.7. The molecule has 0 amide bonds. The third kappa shape index (κ3) is 5.88. The van der Waals surface area contributed by atoms with E-state index in [1.165, 1.54) is 38.5 Å². The molecule has 1 unspecified atom stereocenters. The summed E-state index contributed by atoms with van der Waals surface area (Å²) in [5.41, 5.74) is -0.638. The van der Waals surface area contributed by atoms with Crippen LogP contribution in [0.25, 0.3) is 0 Å². The molecule has 0 spiro atoms. The minimum absolute atomic E-state index is 0.179. The van der Waals surface area contributed by atoms with Crippen molar-refractivity contribution in [3.8, 4) is 0 Å². The molecule has 0 aromatic carbocycles. The van der Waals surface area contributed by atoms with Crippen LogP contribution in [0.4, 0.5) is 0 Å². The Morgan fingerprint density at radius 3 is 2.55 bits per heavy atom. The van der Waals surface area contributed by atoms with Crippen LogP contribution in [0.5, 0.6) is 0 Å². The second kappa shape index (κ2) is 9.51. The van der Waals surface area contributed by atoms with Crippen molar-refractivity contribution >= 4 is 5.97 Å². The minimum atomic E-state index is -0.638. The summed E-state index contributed by atoms with van der Waals surface area (Å²) in [6.45, 7) is 4.68. The standard InChI is InChI=1S/C18H32O4/c1-2-3-14-21-17(19)18(15-22-18)11-7-13-20-12-6-10-16-8-4-5-9-16/h16H,2-15H2,1H3. The van der Waals surface area contributed by atoms with Crippen molar-refractivity contribution < 1.29 is 19.0 Å². The van der Waals surface area contributed by atoms with Crippen molar-refractivity contribution in [3.63, 3.8) is 0 Å². The fourth-order valence-corrected chi connectivity index (χ4v) is 3.23. The SMILES string of the molecule is CCCCOC(=O)C1(CCCOCCCC2CCCC2)CO1. The van der Waals surface area contributed by atoms with E-state index < -0.39 is 5.60 Å². The maximum absolute atomic E-state index is 11.9. The van der Waals surface area contributed by atoms with Gasteiger partial charge in [-0.15, -0.1) is 0 Å². The predicted octanol–water partition coefficient (Wildman–Crippen LogP) is 3.87. The quantitative estimate of drug-likeness (QED) is 0.312. The largest absolute Gasteiger partial charge is 0.463 e. The number of rotatable bonds is 12. The van der Waals surface area contributed by atoms with Gasteiger partial charge < -0.3 is 14.2 Å². The van der Waals surface area contributed by atoms with Crippen LogP contribution in [-0.2, 0) is 19.0 Å². The highest BCUT2D eigenvalue weighted by atomic mass is 16.6. The van der Waals surface area contributed by atoms with Crippen molar-refractivity contribution in [2.45, 2.75) is 76.7 Å². The molecule has 0 radical (unpaired) electrons. The summed E-state index contributed by atoms with van der Waals surface area (Å²) in [7, 11) is 0. The smallest absolute Gasteiger partial charge is 0.340 e. The molecule has 0 N–H and O–H groups in total. The van der Waals surface area contributed by atoms with Gasteiger partial charge in [-0.1, -0.05) is 39.0 Å². The van der Waals surface area contributed by atoms with E-state index in [0.29, 0.717) is 13.2 Å². The first-order chi connectivity index (χ1) is 10.8. The Labute approximate surface area is 134 Å². The van der Waals surface area contributed by atoms with Gasteiger partial charge in [-0.05, 0) is 38.0 Å². The van der Waals surface area contributed by atoms with E-state index in [-0.39, 0.29) is 5.97 Å². The summed E-state index contributed by atoms with van der Waals surface area (Å²) < 4.78 is 16.3. The number of carbonyl (C=O) groups is 1. The zero-order valence-electron chi connectivity index (χ0n) is 14.1. The van der Waals surface area contributed by atoms with Crippen LogP contribution in [-0.4, -0.2) is 38.0 Å². The molecule has 0 bridgehead atoms. The van der Waals surface area contributed by atoms with Crippen molar-refractivity contribution in [1.82, 2.24) is 0 Å². The third-order valence-electron chi connectivity index (χ3n) is 4.84. The Morgan fingerprint density at radius 2 is 1.86 bits per heavy atom. The lowest BCUT2D eigenvalue weighted by atomic mass is 10.0. The second-order valence-electron chi connectivity index (χ2n) is 6.78. The van der Waals surface area contributed by atoms with E-state index in [9.17, 15) is 4.79 Å². The van der Waals surface area contributed by atoms with Crippen LogP contribution in [0.1, 0.15) is 71.1 Å². The van der Waals surface area contributed by atoms with Gasteiger partial charge in [-0.25, -0.2) is 4.79 Å². The molecule has 22 heavy (non-hydrogen) atoms. The number of carbonyl (C=O) groups excluding carboxylic acids is 1. The summed E-state index contributed by atoms with van der Waals surface area (Å²) in [6, 6.07) is 0. The normalized spacial score (nSPS) is 24.6. The number of hydrogen-bond donors (Lipinski definition) is 0. The summed E-state index contributed by atoms with van der Waals surface area (Å²) >= 11 is 0. The van der Waals surface area contributed by atoms with Crippen LogP contribution in [0.15, 0.2) is 0 Å². The van der Waals surface area contributed by atoms with Gasteiger partial charge in [0.15, 0.2) is 5.60 Å². The highest BCUT2D eigenvalue weighted by molar-refractivity contribution is 5.82. The van der Waals surface area contributed by atoms with Gasteiger partial charge in [0.25, 0.3) is 0 Å². The molecule has 0 aromatic heterocycles. The lowest BCUT2D eigenvalue weighted by Crippen LogP contribution is -2.28. The van der Waals surface area contributed by atoms with Crippen LogP contribution in [0.2, 0.25) is 0 Å². The number of ether oxygens (including phenoxy) is 3.